The van der Waals surface area contributed by atoms with Gasteiger partial charge in [-0.15, -0.1) is 23.5 Å². The highest BCUT2D eigenvalue weighted by molar-refractivity contribution is 8.14. The second-order valence-electron chi connectivity index (χ2n) is 2.72. The summed E-state index contributed by atoms with van der Waals surface area (Å²) in [6.07, 6.45) is 0. The van der Waals surface area contributed by atoms with E-state index in [1.165, 1.54) is 0 Å². The summed E-state index contributed by atoms with van der Waals surface area (Å²) in [6, 6.07) is 5.21. The van der Waals surface area contributed by atoms with E-state index >= 15 is 0 Å². The molecule has 1 aromatic carbocycles. The van der Waals surface area contributed by atoms with E-state index in [4.69, 9.17) is 10.7 Å². The summed E-state index contributed by atoms with van der Waals surface area (Å²) >= 11 is 3.23. The Hall–Kier alpha value is 0.160. The second-order valence-corrected chi connectivity index (χ2v) is 7.49. The fourth-order valence-electron chi connectivity index (χ4n) is 1.24. The molecule has 0 unspecified atom stereocenters. The molecule has 0 aromatic heterocycles. The van der Waals surface area contributed by atoms with Gasteiger partial charge < -0.3 is 0 Å². The zero-order valence-electron chi connectivity index (χ0n) is 7.07. The van der Waals surface area contributed by atoms with Gasteiger partial charge in [0.25, 0.3) is 9.05 Å². The Balaban J connectivity index is 2.62. The van der Waals surface area contributed by atoms with Crippen LogP contribution in [0.3, 0.4) is 0 Å². The van der Waals surface area contributed by atoms with Crippen molar-refractivity contribution in [2.24, 2.45) is 0 Å². The average Bonchev–Trinajstić information content (AvgIpc) is 2.15. The lowest BCUT2D eigenvalue weighted by Gasteiger charge is -2.16. The Bertz CT molecular complexity index is 456. The highest BCUT2D eigenvalue weighted by Gasteiger charge is 2.21. The molecule has 1 aromatic rings. The summed E-state index contributed by atoms with van der Waals surface area (Å²) in [5, 5.41) is 0. The maximum atomic E-state index is 11.2. The largest absolute Gasteiger partial charge is 0.262 e. The third-order valence-electron chi connectivity index (χ3n) is 1.79. The Morgan fingerprint density at radius 2 is 1.93 bits per heavy atom. The Labute approximate surface area is 95.8 Å². The molecule has 14 heavy (non-hydrogen) atoms. The number of rotatable bonds is 1. The number of thioether (sulfide) groups is 2. The molecule has 2 nitrogen and oxygen atoms in total. The van der Waals surface area contributed by atoms with Crippen LogP contribution in [0.2, 0.25) is 0 Å². The average molecular weight is 267 g/mol. The van der Waals surface area contributed by atoms with E-state index in [-0.39, 0.29) is 4.90 Å². The Kier molecular flexibility index (Phi) is 3.02. The summed E-state index contributed by atoms with van der Waals surface area (Å²) in [6.45, 7) is 0. The number of fused-ring (bicyclic) bond motifs is 1. The summed E-state index contributed by atoms with van der Waals surface area (Å²) in [5.74, 6) is 1.95. The first kappa shape index (κ1) is 10.7. The Morgan fingerprint density at radius 1 is 1.21 bits per heavy atom. The standard InChI is InChI=1S/C8H7ClO2S3/c9-14(10,11)7-3-1-2-6-8(7)13-5-4-12-6/h1-3H,4-5H2. The molecule has 0 atom stereocenters. The van der Waals surface area contributed by atoms with Gasteiger partial charge in [0.2, 0.25) is 0 Å². The van der Waals surface area contributed by atoms with E-state index in [0.717, 1.165) is 21.3 Å². The first-order chi connectivity index (χ1) is 6.59. The van der Waals surface area contributed by atoms with Crippen LogP contribution in [-0.2, 0) is 9.05 Å². The van der Waals surface area contributed by atoms with Gasteiger partial charge in [0.1, 0.15) is 0 Å². The van der Waals surface area contributed by atoms with E-state index < -0.39 is 9.05 Å². The minimum Gasteiger partial charge on any atom is -0.207 e. The monoisotopic (exact) mass is 266 g/mol. The summed E-state index contributed by atoms with van der Waals surface area (Å²) in [5.41, 5.74) is 0. The molecular formula is C8H7ClO2S3. The molecule has 0 amide bonds. The highest BCUT2D eigenvalue weighted by atomic mass is 35.7. The molecule has 0 fully saturated rings. The lowest BCUT2D eigenvalue weighted by molar-refractivity contribution is 0.607. The topological polar surface area (TPSA) is 34.1 Å². The minimum absolute atomic E-state index is 0.244. The lowest BCUT2D eigenvalue weighted by Crippen LogP contribution is -2.00. The molecule has 0 N–H and O–H groups in total. The molecule has 0 saturated heterocycles. The molecule has 0 saturated carbocycles. The van der Waals surface area contributed by atoms with Gasteiger partial charge >= 0.3 is 0 Å². The van der Waals surface area contributed by atoms with Crippen LogP contribution in [0.25, 0.3) is 0 Å². The predicted molar refractivity (Wildman–Crippen MR) is 60.9 cm³/mol. The van der Waals surface area contributed by atoms with Gasteiger partial charge in [0.15, 0.2) is 0 Å². The van der Waals surface area contributed by atoms with E-state index in [1.807, 2.05) is 6.07 Å². The molecule has 6 heteroatoms. The van der Waals surface area contributed by atoms with Crippen LogP contribution in [0.5, 0.6) is 0 Å². The molecule has 76 valence electrons. The Morgan fingerprint density at radius 3 is 2.64 bits per heavy atom. The zero-order valence-corrected chi connectivity index (χ0v) is 10.3. The second kappa shape index (κ2) is 3.96. The van der Waals surface area contributed by atoms with Gasteiger partial charge in [-0.05, 0) is 12.1 Å². The van der Waals surface area contributed by atoms with Gasteiger partial charge in [-0.1, -0.05) is 6.07 Å². The smallest absolute Gasteiger partial charge is 0.207 e. The fraction of sp³-hybridized carbons (Fsp3) is 0.250. The lowest BCUT2D eigenvalue weighted by atomic mass is 10.4. The summed E-state index contributed by atoms with van der Waals surface area (Å²) < 4.78 is 22.5. The number of hydrogen-bond donors (Lipinski definition) is 0. The van der Waals surface area contributed by atoms with Crippen molar-refractivity contribution >= 4 is 43.3 Å². The molecule has 1 heterocycles. The number of hydrogen-bond acceptors (Lipinski definition) is 4. The third-order valence-corrected chi connectivity index (χ3v) is 5.87. The molecule has 0 spiro atoms. The van der Waals surface area contributed by atoms with Gasteiger partial charge in [-0.3, -0.25) is 0 Å². The third kappa shape index (κ3) is 2.05. The van der Waals surface area contributed by atoms with E-state index in [2.05, 4.69) is 0 Å². The van der Waals surface area contributed by atoms with Gasteiger partial charge in [0.05, 0.1) is 4.90 Å². The molecule has 2 rings (SSSR count). The predicted octanol–water partition coefficient (Wildman–Crippen LogP) is 2.81. The quantitative estimate of drug-likeness (QED) is 0.732. The van der Waals surface area contributed by atoms with Crippen LogP contribution in [0.1, 0.15) is 0 Å². The van der Waals surface area contributed by atoms with Crippen molar-refractivity contribution < 1.29 is 8.42 Å². The summed E-state index contributed by atoms with van der Waals surface area (Å²) in [4.78, 5) is 2.07. The van der Waals surface area contributed by atoms with Crippen LogP contribution < -0.4 is 0 Å². The van der Waals surface area contributed by atoms with Crippen LogP contribution >= 0.6 is 34.2 Å². The van der Waals surface area contributed by atoms with Crippen LogP contribution in [0.4, 0.5) is 0 Å². The first-order valence-corrected chi connectivity index (χ1v) is 8.20. The van der Waals surface area contributed by atoms with Crippen molar-refractivity contribution in [3.8, 4) is 0 Å². The fourth-order valence-corrected chi connectivity index (χ4v) is 5.19. The molecule has 0 radical (unpaired) electrons. The summed E-state index contributed by atoms with van der Waals surface area (Å²) in [7, 11) is 1.74. The number of halogens is 1. The van der Waals surface area contributed by atoms with E-state index in [1.54, 1.807) is 35.7 Å². The molecule has 0 aliphatic carbocycles. The van der Waals surface area contributed by atoms with Gasteiger partial charge in [-0.25, -0.2) is 8.42 Å². The molecule has 1 aliphatic rings. The van der Waals surface area contributed by atoms with Crippen LogP contribution in [-0.4, -0.2) is 19.9 Å². The van der Waals surface area contributed by atoms with Crippen molar-refractivity contribution in [3.05, 3.63) is 18.2 Å². The van der Waals surface area contributed by atoms with Gasteiger partial charge in [0, 0.05) is 32.0 Å². The van der Waals surface area contributed by atoms with Crippen molar-refractivity contribution in [1.29, 1.82) is 0 Å². The van der Waals surface area contributed by atoms with Crippen molar-refractivity contribution in [2.75, 3.05) is 11.5 Å². The van der Waals surface area contributed by atoms with Crippen molar-refractivity contribution in [3.63, 3.8) is 0 Å². The normalized spacial score (nSPS) is 16.4. The maximum Gasteiger partial charge on any atom is 0.262 e. The van der Waals surface area contributed by atoms with Crippen molar-refractivity contribution in [1.82, 2.24) is 0 Å². The van der Waals surface area contributed by atoms with Crippen molar-refractivity contribution in [2.45, 2.75) is 14.7 Å². The first-order valence-electron chi connectivity index (χ1n) is 3.92. The molecule has 1 aliphatic heterocycles. The molecular weight excluding hydrogens is 260 g/mol. The zero-order chi connectivity index (χ0) is 10.2. The van der Waals surface area contributed by atoms with Gasteiger partial charge in [-0.2, -0.15) is 0 Å². The van der Waals surface area contributed by atoms with Crippen LogP contribution in [0.15, 0.2) is 32.9 Å². The molecule has 0 bridgehead atoms. The number of benzene rings is 1. The van der Waals surface area contributed by atoms with E-state index in [0.29, 0.717) is 0 Å². The maximum absolute atomic E-state index is 11.2. The SMILES string of the molecule is O=S(=O)(Cl)c1cccc2c1SCCS2. The van der Waals surface area contributed by atoms with E-state index in [9.17, 15) is 8.42 Å². The van der Waals surface area contributed by atoms with Crippen LogP contribution in [0, 0.1) is 0 Å². The minimum atomic E-state index is -3.61. The highest BCUT2D eigenvalue weighted by Crippen LogP contribution is 2.41.